The number of hydrogen-bond donors (Lipinski definition) is 2. The summed E-state index contributed by atoms with van der Waals surface area (Å²) in [5, 5.41) is 16.7. The van der Waals surface area contributed by atoms with Crippen LogP contribution in [-0.4, -0.2) is 26.6 Å². The average Bonchev–Trinajstić information content (AvgIpc) is 3.09. The van der Waals surface area contributed by atoms with E-state index in [0.717, 1.165) is 0 Å². The first-order valence-electron chi connectivity index (χ1n) is 7.40. The highest BCUT2D eigenvalue weighted by atomic mass is 16.7. The Morgan fingerprint density at radius 3 is 2.83 bits per heavy atom. The van der Waals surface area contributed by atoms with Gasteiger partial charge in [0.2, 0.25) is 5.79 Å². The molecule has 1 aromatic carbocycles. The summed E-state index contributed by atoms with van der Waals surface area (Å²) in [5.74, 6) is -0.00139. The first-order chi connectivity index (χ1) is 10.9. The molecule has 1 amide bonds. The maximum absolute atomic E-state index is 12.1. The molecule has 1 aliphatic rings. The zero-order chi connectivity index (χ0) is 16.6. The lowest BCUT2D eigenvalue weighted by atomic mass is 10.2. The molecule has 1 aromatic heterocycles. The molecule has 0 saturated heterocycles. The number of aliphatic hydroxyl groups excluding tert-OH is 1. The van der Waals surface area contributed by atoms with E-state index < -0.39 is 17.8 Å². The summed E-state index contributed by atoms with van der Waals surface area (Å²) in [7, 11) is 1.72. The molecule has 0 aliphatic carbocycles. The van der Waals surface area contributed by atoms with Crippen molar-refractivity contribution >= 4 is 11.6 Å². The van der Waals surface area contributed by atoms with Gasteiger partial charge in [-0.3, -0.25) is 9.48 Å². The van der Waals surface area contributed by atoms with Crippen molar-refractivity contribution in [2.45, 2.75) is 32.2 Å². The lowest BCUT2D eigenvalue weighted by Crippen LogP contribution is -2.33. The molecule has 0 unspecified atom stereocenters. The maximum atomic E-state index is 12.1. The summed E-state index contributed by atoms with van der Waals surface area (Å²) in [5.41, 5.74) is 0.963. The number of carbonyl (C=O) groups excluding carboxylic acids is 1. The van der Waals surface area contributed by atoms with Gasteiger partial charge < -0.3 is 19.9 Å². The van der Waals surface area contributed by atoms with Gasteiger partial charge in [0.1, 0.15) is 0 Å². The lowest BCUT2D eigenvalue weighted by molar-refractivity contribution is -0.124. The number of aromatic nitrogens is 2. The molecule has 2 aromatic rings. The van der Waals surface area contributed by atoms with Gasteiger partial charge in [0, 0.05) is 43.9 Å². The Labute approximate surface area is 133 Å². The number of rotatable bonds is 4. The number of benzene rings is 1. The fraction of sp³-hybridized carbons (Fsp3) is 0.375. The number of fused-ring (bicyclic) bond motifs is 1. The molecule has 7 nitrogen and oxygen atoms in total. The monoisotopic (exact) mass is 317 g/mol. The van der Waals surface area contributed by atoms with E-state index in [0.29, 0.717) is 29.2 Å². The Balaban J connectivity index is 1.72. The van der Waals surface area contributed by atoms with E-state index in [-0.39, 0.29) is 0 Å². The Bertz CT molecular complexity index is 743. The first kappa shape index (κ1) is 15.4. The predicted molar refractivity (Wildman–Crippen MR) is 83.2 cm³/mol. The molecule has 2 N–H and O–H groups in total. The first-order valence-corrected chi connectivity index (χ1v) is 7.40. The Hall–Kier alpha value is -2.54. The Morgan fingerprint density at radius 2 is 2.17 bits per heavy atom. The van der Waals surface area contributed by atoms with Crippen molar-refractivity contribution in [3.8, 4) is 11.5 Å². The summed E-state index contributed by atoms with van der Waals surface area (Å²) in [6.07, 6.45) is 2.46. The molecule has 3 rings (SSSR count). The molecular formula is C16H19N3O4. The van der Waals surface area contributed by atoms with E-state index in [4.69, 9.17) is 9.47 Å². The second-order valence-corrected chi connectivity index (χ2v) is 5.69. The minimum absolute atomic E-state index is 0.435. The fourth-order valence-corrected chi connectivity index (χ4v) is 2.32. The van der Waals surface area contributed by atoms with Gasteiger partial charge in [-0.1, -0.05) is 6.92 Å². The number of amides is 1. The number of ether oxygens (including phenoxy) is 2. The highest BCUT2D eigenvalue weighted by Gasteiger charge is 2.35. The van der Waals surface area contributed by atoms with E-state index in [1.165, 1.54) is 10.9 Å². The van der Waals surface area contributed by atoms with Gasteiger partial charge in [-0.25, -0.2) is 0 Å². The van der Waals surface area contributed by atoms with Crippen LogP contribution in [0.15, 0.2) is 30.6 Å². The fourth-order valence-electron chi connectivity index (χ4n) is 2.32. The van der Waals surface area contributed by atoms with Crippen LogP contribution in [-0.2, 0) is 11.8 Å². The summed E-state index contributed by atoms with van der Waals surface area (Å²) in [6, 6.07) is 5.13. The molecule has 0 spiro atoms. The normalized spacial score (nSPS) is 20.3. The minimum atomic E-state index is -1.28. The molecule has 2 atom stereocenters. The summed E-state index contributed by atoms with van der Waals surface area (Å²) in [4.78, 5) is 12.1. The average molecular weight is 317 g/mol. The number of anilines is 1. The molecule has 0 bridgehead atoms. The third-order valence-corrected chi connectivity index (χ3v) is 3.79. The predicted octanol–water partition coefficient (Wildman–Crippen LogP) is 1.99. The molecule has 0 radical (unpaired) electrons. The van der Waals surface area contributed by atoms with Crippen LogP contribution in [0.1, 0.15) is 31.9 Å². The van der Waals surface area contributed by atoms with Crippen LogP contribution in [0.3, 0.4) is 0 Å². The maximum Gasteiger partial charge on any atom is 0.257 e. The molecule has 0 fully saturated rings. The standard InChI is InChI=1S/C16H19N3O4/c1-4-16(2)22-12-6-5-11(7-13(12)23-16)18-15(21)14(20)10-8-17-19(3)9-10/h5-9,14,20H,4H2,1-3H3,(H,18,21)/t14-,16+/m1/s1. The molecule has 0 saturated carbocycles. The van der Waals surface area contributed by atoms with Gasteiger partial charge in [-0.2, -0.15) is 5.10 Å². The second-order valence-electron chi connectivity index (χ2n) is 5.69. The smallest absolute Gasteiger partial charge is 0.257 e. The van der Waals surface area contributed by atoms with Crippen molar-refractivity contribution < 1.29 is 19.4 Å². The van der Waals surface area contributed by atoms with Crippen molar-refractivity contribution in [3.63, 3.8) is 0 Å². The number of aliphatic hydroxyl groups is 1. The van der Waals surface area contributed by atoms with Gasteiger partial charge in [-0.15, -0.1) is 0 Å². The Morgan fingerprint density at radius 1 is 1.43 bits per heavy atom. The topological polar surface area (TPSA) is 85.6 Å². The van der Waals surface area contributed by atoms with Crippen LogP contribution in [0.2, 0.25) is 0 Å². The third-order valence-electron chi connectivity index (χ3n) is 3.79. The van der Waals surface area contributed by atoms with E-state index in [1.807, 2.05) is 13.8 Å². The third kappa shape index (κ3) is 3.00. The summed E-state index contributed by atoms with van der Waals surface area (Å²) in [6.45, 7) is 3.83. The zero-order valence-electron chi connectivity index (χ0n) is 13.2. The van der Waals surface area contributed by atoms with Crippen molar-refractivity contribution in [1.29, 1.82) is 0 Å². The summed E-state index contributed by atoms with van der Waals surface area (Å²) < 4.78 is 13.0. The van der Waals surface area contributed by atoms with Crippen LogP contribution < -0.4 is 14.8 Å². The largest absolute Gasteiger partial charge is 0.449 e. The van der Waals surface area contributed by atoms with Crippen molar-refractivity contribution in [1.82, 2.24) is 9.78 Å². The van der Waals surface area contributed by atoms with Crippen LogP contribution in [0.25, 0.3) is 0 Å². The molecule has 2 heterocycles. The zero-order valence-corrected chi connectivity index (χ0v) is 13.2. The van der Waals surface area contributed by atoms with Crippen LogP contribution in [0.4, 0.5) is 5.69 Å². The quantitative estimate of drug-likeness (QED) is 0.900. The van der Waals surface area contributed by atoms with Crippen molar-refractivity contribution in [2.75, 3.05) is 5.32 Å². The Kier molecular flexibility index (Phi) is 3.73. The molecular weight excluding hydrogens is 298 g/mol. The highest BCUT2D eigenvalue weighted by molar-refractivity contribution is 5.94. The van der Waals surface area contributed by atoms with E-state index in [9.17, 15) is 9.90 Å². The van der Waals surface area contributed by atoms with Gasteiger partial charge in [0.25, 0.3) is 5.91 Å². The highest BCUT2D eigenvalue weighted by Crippen LogP contribution is 2.42. The molecule has 23 heavy (non-hydrogen) atoms. The van der Waals surface area contributed by atoms with Gasteiger partial charge >= 0.3 is 0 Å². The number of nitrogens with one attached hydrogen (secondary N) is 1. The van der Waals surface area contributed by atoms with Crippen molar-refractivity contribution in [2.24, 2.45) is 7.05 Å². The minimum Gasteiger partial charge on any atom is -0.449 e. The SMILES string of the molecule is CC[C@@]1(C)Oc2ccc(NC(=O)[C@H](O)c3cnn(C)c3)cc2O1. The van der Waals surface area contributed by atoms with Crippen molar-refractivity contribution in [3.05, 3.63) is 36.2 Å². The molecule has 1 aliphatic heterocycles. The van der Waals surface area contributed by atoms with Crippen LogP contribution in [0.5, 0.6) is 11.5 Å². The number of hydrogen-bond acceptors (Lipinski definition) is 5. The molecule has 7 heteroatoms. The van der Waals surface area contributed by atoms with E-state index >= 15 is 0 Å². The van der Waals surface area contributed by atoms with Crippen LogP contribution >= 0.6 is 0 Å². The van der Waals surface area contributed by atoms with E-state index in [1.54, 1.807) is 31.4 Å². The second kappa shape index (κ2) is 5.58. The van der Waals surface area contributed by atoms with E-state index in [2.05, 4.69) is 10.4 Å². The van der Waals surface area contributed by atoms with Gasteiger partial charge in [-0.05, 0) is 12.1 Å². The number of carbonyl (C=O) groups is 1. The lowest BCUT2D eigenvalue weighted by Gasteiger charge is -2.20. The number of aryl methyl sites for hydroxylation is 1. The van der Waals surface area contributed by atoms with Crippen LogP contribution in [0, 0.1) is 0 Å². The molecule has 122 valence electrons. The van der Waals surface area contributed by atoms with Gasteiger partial charge in [0.15, 0.2) is 17.6 Å². The number of nitrogens with zero attached hydrogens (tertiary/aromatic N) is 2. The summed E-state index contributed by atoms with van der Waals surface area (Å²) >= 11 is 0. The van der Waals surface area contributed by atoms with Gasteiger partial charge in [0.05, 0.1) is 6.20 Å².